The minimum absolute atomic E-state index is 0.0593. The van der Waals surface area contributed by atoms with Gasteiger partial charge in [-0.05, 0) is 48.6 Å². The molecular formula is C25H25ClN4O4S2. The summed E-state index contributed by atoms with van der Waals surface area (Å²) in [4.78, 5) is 3.96. The standard InChI is InChI=1S/C25H24ClN4O4S2/c1-33-23-9-5-3-7-20(23)27-36(31,32)18-10-11-24-22(16-18)30(25(35)34-24)17-28-12-14-29(15-13-28)21-8-4-2-6-19(21)26/h2-11,16H,12-15,17H2,1H3/q-1/p+1. The predicted molar refractivity (Wildman–Crippen MR) is 143 cm³/mol. The molecule has 188 valence electrons. The molecule has 36 heavy (non-hydrogen) atoms. The first-order valence-electron chi connectivity index (χ1n) is 11.4. The van der Waals surface area contributed by atoms with E-state index >= 15 is 0 Å². The first-order chi connectivity index (χ1) is 17.4. The smallest absolute Gasteiger partial charge is 0.274 e. The highest BCUT2D eigenvalue weighted by molar-refractivity contribution is 7.94. The molecule has 0 radical (unpaired) electrons. The van der Waals surface area contributed by atoms with Crippen molar-refractivity contribution in [3.8, 4) is 5.75 Å². The summed E-state index contributed by atoms with van der Waals surface area (Å²) in [5, 5.41) is 0.747. The molecule has 0 atom stereocenters. The van der Waals surface area contributed by atoms with E-state index in [1.54, 1.807) is 36.4 Å². The molecule has 1 fully saturated rings. The van der Waals surface area contributed by atoms with Crippen molar-refractivity contribution in [3.05, 3.63) is 81.3 Å². The fourth-order valence-corrected chi connectivity index (χ4v) is 5.92. The number of oxazole rings is 1. The van der Waals surface area contributed by atoms with E-state index in [4.69, 9.17) is 33.0 Å². The van der Waals surface area contributed by atoms with Crippen LogP contribution in [-0.4, -0.2) is 46.3 Å². The monoisotopic (exact) mass is 544 g/mol. The highest BCUT2D eigenvalue weighted by atomic mass is 35.5. The first-order valence-corrected chi connectivity index (χ1v) is 13.7. The maximum Gasteiger partial charge on any atom is 0.274 e. The summed E-state index contributed by atoms with van der Waals surface area (Å²) in [7, 11) is -2.51. The molecule has 5 rings (SSSR count). The summed E-state index contributed by atoms with van der Waals surface area (Å²) < 4.78 is 43.1. The van der Waals surface area contributed by atoms with Gasteiger partial charge in [0, 0.05) is 0 Å². The van der Waals surface area contributed by atoms with Gasteiger partial charge < -0.3 is 23.7 Å². The molecule has 1 aliphatic heterocycles. The van der Waals surface area contributed by atoms with Crippen molar-refractivity contribution in [2.24, 2.45) is 0 Å². The molecule has 4 aromatic rings. The molecule has 1 saturated heterocycles. The van der Waals surface area contributed by atoms with Crippen LogP contribution in [0.15, 0.2) is 76.0 Å². The van der Waals surface area contributed by atoms with E-state index in [0.29, 0.717) is 28.4 Å². The first kappa shape index (κ1) is 24.6. The number of piperazine rings is 1. The van der Waals surface area contributed by atoms with Gasteiger partial charge in [0.05, 0.1) is 54.4 Å². The summed E-state index contributed by atoms with van der Waals surface area (Å²) in [6, 6.07) is 19.3. The minimum atomic E-state index is -3.99. The summed E-state index contributed by atoms with van der Waals surface area (Å²) in [5.41, 5.74) is 2.44. The van der Waals surface area contributed by atoms with E-state index in [1.165, 1.54) is 18.1 Å². The van der Waals surface area contributed by atoms with Gasteiger partial charge in [0.25, 0.3) is 4.84 Å². The fourth-order valence-electron chi connectivity index (χ4n) is 4.39. The largest absolute Gasteiger partial charge is 0.570 e. The maximum atomic E-state index is 13.1. The van der Waals surface area contributed by atoms with Crippen LogP contribution in [0, 0.1) is 4.84 Å². The van der Waals surface area contributed by atoms with Crippen LogP contribution in [0.1, 0.15) is 0 Å². The topological polar surface area (TPSA) is 83.2 Å². The van der Waals surface area contributed by atoms with Crippen LogP contribution in [0.4, 0.5) is 11.4 Å². The molecule has 2 heterocycles. The Kier molecular flexibility index (Phi) is 6.94. The van der Waals surface area contributed by atoms with Crippen molar-refractivity contribution in [2.75, 3.05) is 38.2 Å². The van der Waals surface area contributed by atoms with E-state index in [9.17, 15) is 8.42 Å². The number of sulfonamides is 1. The number of hydrogen-bond acceptors (Lipinski definition) is 6. The third-order valence-electron chi connectivity index (χ3n) is 6.29. The Morgan fingerprint density at radius 3 is 2.56 bits per heavy atom. The van der Waals surface area contributed by atoms with Gasteiger partial charge in [-0.3, -0.25) is 4.57 Å². The second-order valence-corrected chi connectivity index (χ2v) is 10.9. The number of halogens is 1. The SMILES string of the molecule is COc1ccccc1[N-]S(=O)(=O)c1ccc2oc(=S)n(C[NH+]3CCN(c4ccccc4Cl)CC3)c2c1. The van der Waals surface area contributed by atoms with Crippen molar-refractivity contribution in [1.82, 2.24) is 4.57 Å². The minimum Gasteiger partial charge on any atom is -0.570 e. The number of ether oxygens (including phenoxy) is 1. The fraction of sp³-hybridized carbons (Fsp3) is 0.240. The summed E-state index contributed by atoms with van der Waals surface area (Å²) in [6.45, 7) is 4.01. The zero-order valence-corrected chi connectivity index (χ0v) is 21.9. The highest BCUT2D eigenvalue weighted by Gasteiger charge is 2.23. The summed E-state index contributed by atoms with van der Waals surface area (Å²) >= 11 is 11.9. The number of nitrogens with one attached hydrogen (secondary N) is 1. The van der Waals surface area contributed by atoms with Crippen LogP contribution < -0.4 is 14.5 Å². The van der Waals surface area contributed by atoms with E-state index < -0.39 is 10.0 Å². The van der Waals surface area contributed by atoms with Crippen molar-refractivity contribution in [3.63, 3.8) is 0 Å². The van der Waals surface area contributed by atoms with Crippen molar-refractivity contribution >= 4 is 56.3 Å². The zero-order chi connectivity index (χ0) is 25.3. The Hall–Kier alpha value is -3.05. The average molecular weight is 545 g/mol. The van der Waals surface area contributed by atoms with Gasteiger partial charge in [-0.1, -0.05) is 47.6 Å². The van der Waals surface area contributed by atoms with Crippen LogP contribution in [0.25, 0.3) is 15.8 Å². The molecule has 8 nitrogen and oxygen atoms in total. The van der Waals surface area contributed by atoms with Gasteiger partial charge >= 0.3 is 0 Å². The number of aromatic nitrogens is 1. The third-order valence-corrected chi connectivity index (χ3v) is 8.20. The van der Waals surface area contributed by atoms with Gasteiger partial charge in [-0.25, -0.2) is 8.42 Å². The van der Waals surface area contributed by atoms with Crippen LogP contribution in [0.5, 0.6) is 5.75 Å². The van der Waals surface area contributed by atoms with Crippen molar-refractivity contribution < 1.29 is 22.5 Å². The lowest BCUT2D eigenvalue weighted by Gasteiger charge is -2.34. The summed E-state index contributed by atoms with van der Waals surface area (Å²) in [5.74, 6) is 0.382. The van der Waals surface area contributed by atoms with Gasteiger partial charge in [-0.15, -0.1) is 0 Å². The Labute approximate surface area is 219 Å². The number of para-hydroxylation sites is 2. The predicted octanol–water partition coefficient (Wildman–Crippen LogP) is 4.38. The number of quaternary nitrogens is 1. The van der Waals surface area contributed by atoms with Gasteiger partial charge in [-0.2, -0.15) is 0 Å². The number of nitrogens with zero attached hydrogens (tertiary/aromatic N) is 3. The van der Waals surface area contributed by atoms with Crippen LogP contribution in [0.3, 0.4) is 0 Å². The molecule has 0 saturated carbocycles. The van der Waals surface area contributed by atoms with E-state index in [0.717, 1.165) is 36.9 Å². The molecule has 1 aromatic heterocycles. The van der Waals surface area contributed by atoms with Gasteiger partial charge in [0.15, 0.2) is 12.3 Å². The van der Waals surface area contributed by atoms with E-state index in [2.05, 4.69) is 9.62 Å². The Morgan fingerprint density at radius 1 is 1.08 bits per heavy atom. The van der Waals surface area contributed by atoms with Gasteiger partial charge in [0.1, 0.15) is 15.8 Å². The molecule has 0 spiro atoms. The van der Waals surface area contributed by atoms with Crippen LogP contribution in [0.2, 0.25) is 5.02 Å². The third kappa shape index (κ3) is 4.94. The molecule has 0 amide bonds. The lowest BCUT2D eigenvalue weighted by molar-refractivity contribution is -0.923. The lowest BCUT2D eigenvalue weighted by Crippen LogP contribution is -3.14. The van der Waals surface area contributed by atoms with Crippen molar-refractivity contribution in [2.45, 2.75) is 11.6 Å². The van der Waals surface area contributed by atoms with Crippen LogP contribution >= 0.6 is 23.8 Å². The summed E-state index contributed by atoms with van der Waals surface area (Å²) in [6.07, 6.45) is 0. The normalized spacial score (nSPS) is 14.8. The average Bonchev–Trinajstić information content (AvgIpc) is 3.19. The highest BCUT2D eigenvalue weighted by Crippen LogP contribution is 2.36. The number of rotatable bonds is 7. The Bertz CT molecular complexity index is 1560. The zero-order valence-electron chi connectivity index (χ0n) is 19.6. The Balaban J connectivity index is 1.36. The molecular weight excluding hydrogens is 520 g/mol. The van der Waals surface area contributed by atoms with Crippen molar-refractivity contribution in [1.29, 1.82) is 0 Å². The van der Waals surface area contributed by atoms with E-state index in [-0.39, 0.29) is 10.6 Å². The molecule has 11 heteroatoms. The molecule has 0 bridgehead atoms. The maximum absolute atomic E-state index is 13.1. The second-order valence-electron chi connectivity index (χ2n) is 8.51. The molecule has 3 aromatic carbocycles. The number of methoxy groups -OCH3 is 1. The second kappa shape index (κ2) is 10.1. The number of fused-ring (bicyclic) bond motifs is 1. The molecule has 1 N–H and O–H groups in total. The molecule has 0 unspecified atom stereocenters. The molecule has 0 aliphatic carbocycles. The molecule has 1 aliphatic rings. The number of anilines is 1. The lowest BCUT2D eigenvalue weighted by atomic mass is 10.2. The van der Waals surface area contributed by atoms with Crippen LogP contribution in [-0.2, 0) is 16.7 Å². The quantitative estimate of drug-likeness (QED) is 0.348. The number of hydrogen-bond donors (Lipinski definition) is 1. The Morgan fingerprint density at radius 2 is 1.81 bits per heavy atom. The van der Waals surface area contributed by atoms with E-state index in [1.807, 2.05) is 28.8 Å². The number of benzene rings is 3. The van der Waals surface area contributed by atoms with Gasteiger partial charge in [0.2, 0.25) is 0 Å².